The Morgan fingerprint density at radius 1 is 0.872 bits per heavy atom. The lowest BCUT2D eigenvalue weighted by molar-refractivity contribution is 0.593. The van der Waals surface area contributed by atoms with Gasteiger partial charge >= 0.3 is 0 Å². The second-order valence-corrected chi connectivity index (χ2v) is 14.8. The minimum atomic E-state index is -4.11. The van der Waals surface area contributed by atoms with Crippen LogP contribution in [-0.2, 0) is 15.4 Å². The highest BCUT2D eigenvalue weighted by Crippen LogP contribution is 2.58. The number of aryl methyl sites for hydroxylation is 1. The maximum atomic E-state index is 13.9. The van der Waals surface area contributed by atoms with Gasteiger partial charge in [0.25, 0.3) is 10.0 Å². The van der Waals surface area contributed by atoms with E-state index in [9.17, 15) is 8.42 Å². The number of para-hydroxylation sites is 1. The predicted molar refractivity (Wildman–Crippen MR) is 162 cm³/mol. The van der Waals surface area contributed by atoms with Crippen molar-refractivity contribution in [1.29, 1.82) is 0 Å². The number of rotatable bonds is 6. The molecule has 5 nitrogen and oxygen atoms in total. The van der Waals surface area contributed by atoms with Gasteiger partial charge in [0, 0.05) is 40.0 Å². The Morgan fingerprint density at radius 2 is 1.49 bits per heavy atom. The number of halogens is 1. The van der Waals surface area contributed by atoms with Crippen LogP contribution in [0.2, 0.25) is 5.02 Å². The lowest BCUT2D eigenvalue weighted by atomic mass is 9.84. The zero-order chi connectivity index (χ0) is 27.8. The minimum Gasteiger partial charge on any atom is -0.451 e. The van der Waals surface area contributed by atoms with E-state index in [0.29, 0.717) is 16.1 Å². The number of sulfonamides is 1. The van der Waals surface area contributed by atoms with Crippen LogP contribution in [0.25, 0.3) is 0 Å². The molecule has 1 aliphatic heterocycles. The van der Waals surface area contributed by atoms with Crippen LogP contribution >= 0.6 is 18.9 Å². The van der Waals surface area contributed by atoms with Crippen molar-refractivity contribution in [2.75, 3.05) is 11.9 Å². The second-order valence-electron chi connectivity index (χ2n) is 10.1. The summed E-state index contributed by atoms with van der Waals surface area (Å²) in [6.45, 7) is 6.19. The summed E-state index contributed by atoms with van der Waals surface area (Å²) >= 11 is 6.16. The Balaban J connectivity index is 1.83. The van der Waals surface area contributed by atoms with Gasteiger partial charge in [0.2, 0.25) is 7.28 Å². The van der Waals surface area contributed by atoms with Crippen LogP contribution in [0.1, 0.15) is 25.0 Å². The first-order valence-corrected chi connectivity index (χ1v) is 16.1. The molecule has 1 heterocycles. The van der Waals surface area contributed by atoms with Crippen molar-refractivity contribution < 1.29 is 12.9 Å². The number of likely N-dealkylation sites (N-methyl/N-ethyl adjacent to an activating group) is 1. The smallest absolute Gasteiger partial charge is 0.284 e. The largest absolute Gasteiger partial charge is 0.451 e. The monoisotopic (exact) mass is 576 g/mol. The number of nitrogens with zero attached hydrogens (tertiary/aromatic N) is 2. The molecule has 0 aromatic heterocycles. The summed E-state index contributed by atoms with van der Waals surface area (Å²) in [5.41, 5.74) is 3.67. The molecule has 0 saturated heterocycles. The molecular weight excluding hydrogens is 547 g/mol. The van der Waals surface area contributed by atoms with Gasteiger partial charge in [0.15, 0.2) is 0 Å². The van der Waals surface area contributed by atoms with E-state index >= 15 is 0 Å². The van der Waals surface area contributed by atoms with E-state index in [2.05, 4.69) is 35.0 Å². The fraction of sp³-hybridized carbons (Fsp3) is 0.161. The summed E-state index contributed by atoms with van der Waals surface area (Å²) in [5.74, 6) is 2.43. The van der Waals surface area contributed by atoms with Crippen LogP contribution in [0.5, 0.6) is 5.75 Å². The van der Waals surface area contributed by atoms with Gasteiger partial charge in [-0.2, -0.15) is 8.42 Å². The summed E-state index contributed by atoms with van der Waals surface area (Å²) in [4.78, 5) is 2.22. The first-order valence-electron chi connectivity index (χ1n) is 12.5. The quantitative estimate of drug-likeness (QED) is 0.217. The number of hydrogen-bond donors (Lipinski definition) is 0. The zero-order valence-corrected chi connectivity index (χ0v) is 24.7. The molecule has 200 valence electrons. The molecule has 0 bridgehead atoms. The third-order valence-corrected chi connectivity index (χ3v) is 12.0. The Morgan fingerprint density at radius 3 is 2.13 bits per heavy atom. The van der Waals surface area contributed by atoms with Crippen LogP contribution < -0.4 is 14.7 Å². The van der Waals surface area contributed by atoms with Crippen molar-refractivity contribution in [3.05, 3.63) is 131 Å². The first-order chi connectivity index (χ1) is 18.5. The van der Waals surface area contributed by atoms with E-state index < -0.39 is 22.7 Å². The van der Waals surface area contributed by atoms with E-state index in [1.807, 2.05) is 62.3 Å². The lowest BCUT2D eigenvalue weighted by Crippen LogP contribution is -2.24. The third kappa shape index (κ3) is 5.29. The van der Waals surface area contributed by atoms with Gasteiger partial charge in [-0.05, 0) is 67.1 Å². The van der Waals surface area contributed by atoms with Gasteiger partial charge in [0.05, 0.1) is 4.90 Å². The first kappa shape index (κ1) is 27.3. The van der Waals surface area contributed by atoms with Crippen molar-refractivity contribution in [1.82, 2.24) is 0 Å². The Kier molecular flexibility index (Phi) is 7.23. The highest BCUT2D eigenvalue weighted by molar-refractivity contribution is 7.95. The molecule has 0 N–H and O–H groups in total. The maximum absolute atomic E-state index is 13.9. The zero-order valence-electron chi connectivity index (χ0n) is 22.2. The lowest BCUT2D eigenvalue weighted by Gasteiger charge is -2.29. The number of hydrogen-bond acceptors (Lipinski definition) is 4. The summed E-state index contributed by atoms with van der Waals surface area (Å²) in [6, 6.07) is 31.2. The molecule has 0 fully saturated rings. The molecule has 1 atom stereocenters. The van der Waals surface area contributed by atoms with E-state index in [-0.39, 0.29) is 4.90 Å². The average molecular weight is 577 g/mol. The molecule has 1 aliphatic rings. The summed E-state index contributed by atoms with van der Waals surface area (Å²) in [6.07, 6.45) is 0. The molecule has 5 rings (SSSR count). The molecule has 0 spiro atoms. The van der Waals surface area contributed by atoms with Crippen molar-refractivity contribution in [3.63, 3.8) is 0 Å². The SMILES string of the molecule is Cc1ccc(S(=O)(=O)N=P(/C=C2\N(C)c3ccccc3C2(C)C)(Oc2ccc(Cl)cc2)c2ccccc2)cc1. The third-order valence-electron chi connectivity index (χ3n) is 6.97. The van der Waals surface area contributed by atoms with E-state index in [1.54, 1.807) is 48.5 Å². The van der Waals surface area contributed by atoms with E-state index in [1.165, 1.54) is 0 Å². The molecule has 0 saturated carbocycles. The van der Waals surface area contributed by atoms with Crippen LogP contribution in [0, 0.1) is 6.92 Å². The highest BCUT2D eigenvalue weighted by atomic mass is 35.5. The number of allylic oxidation sites excluding steroid dienone is 1. The molecular formula is C31H30ClN2O3PS. The van der Waals surface area contributed by atoms with Crippen molar-refractivity contribution >= 4 is 39.9 Å². The average Bonchev–Trinajstić information content (AvgIpc) is 3.11. The van der Waals surface area contributed by atoms with E-state index in [0.717, 1.165) is 22.5 Å². The second kappa shape index (κ2) is 10.3. The number of benzene rings is 4. The highest BCUT2D eigenvalue weighted by Gasteiger charge is 2.41. The molecule has 39 heavy (non-hydrogen) atoms. The van der Waals surface area contributed by atoms with Gasteiger partial charge in [-0.15, -0.1) is 4.15 Å². The van der Waals surface area contributed by atoms with Crippen molar-refractivity contribution in [3.8, 4) is 5.75 Å². The fourth-order valence-electron chi connectivity index (χ4n) is 4.85. The van der Waals surface area contributed by atoms with Crippen LogP contribution in [-0.4, -0.2) is 15.5 Å². The van der Waals surface area contributed by atoms with Crippen molar-refractivity contribution in [2.24, 2.45) is 4.15 Å². The Hall–Kier alpha value is -3.31. The molecule has 8 heteroatoms. The molecule has 4 aromatic rings. The van der Waals surface area contributed by atoms with Gasteiger partial charge < -0.3 is 9.42 Å². The van der Waals surface area contributed by atoms with Crippen LogP contribution in [0.15, 0.2) is 124 Å². The van der Waals surface area contributed by atoms with Gasteiger partial charge in [-0.1, -0.05) is 79.5 Å². The molecule has 0 amide bonds. The molecule has 0 radical (unpaired) electrons. The Labute approximate surface area is 235 Å². The van der Waals surface area contributed by atoms with Gasteiger partial charge in [-0.25, -0.2) is 0 Å². The van der Waals surface area contributed by atoms with Crippen LogP contribution in [0.4, 0.5) is 5.69 Å². The summed E-state index contributed by atoms with van der Waals surface area (Å²) in [7, 11) is -5.51. The number of anilines is 1. The predicted octanol–water partition coefficient (Wildman–Crippen LogP) is 8.13. The Bertz CT molecular complexity index is 1700. The van der Waals surface area contributed by atoms with Gasteiger partial charge in [0.1, 0.15) is 5.75 Å². The van der Waals surface area contributed by atoms with Gasteiger partial charge in [-0.3, -0.25) is 0 Å². The molecule has 0 aliphatic carbocycles. The van der Waals surface area contributed by atoms with E-state index in [4.69, 9.17) is 16.1 Å². The summed E-state index contributed by atoms with van der Waals surface area (Å²) < 4.78 is 39.3. The minimum absolute atomic E-state index is 0.119. The van der Waals surface area contributed by atoms with Crippen LogP contribution in [0.3, 0.4) is 0 Å². The summed E-state index contributed by atoms with van der Waals surface area (Å²) in [5, 5.41) is 1.24. The fourth-order valence-corrected chi connectivity index (χ4v) is 9.99. The number of fused-ring (bicyclic) bond motifs is 1. The molecule has 1 unspecified atom stereocenters. The van der Waals surface area contributed by atoms with Crippen molar-refractivity contribution in [2.45, 2.75) is 31.1 Å². The maximum Gasteiger partial charge on any atom is 0.284 e. The standard InChI is InChI=1S/C31H30ClN2O3PS/c1-23-14-20-27(21-15-23)39(35,36)33-38(26-10-6-5-7-11-26,37-25-18-16-24(32)17-19-25)22-30-31(2,3)28-12-8-9-13-29(28)34(30)4/h5-22H,1-4H3/b30-22-. The normalized spacial score (nSPS) is 16.9. The topological polar surface area (TPSA) is 59.0 Å². The molecule has 4 aromatic carbocycles.